The van der Waals surface area contributed by atoms with Crippen LogP contribution in [-0.4, -0.2) is 18.4 Å². The number of nitrogens with one attached hydrogen (secondary N) is 1. The van der Waals surface area contributed by atoms with Crippen molar-refractivity contribution in [1.82, 2.24) is 5.32 Å². The van der Waals surface area contributed by atoms with Crippen LogP contribution in [-0.2, 0) is 16.1 Å². The number of ketones is 1. The first-order valence-corrected chi connectivity index (χ1v) is 13.0. The number of esters is 1. The summed E-state index contributed by atoms with van der Waals surface area (Å²) < 4.78 is 12.3. The average molecular weight is 612 g/mol. The van der Waals surface area contributed by atoms with Gasteiger partial charge in [0.1, 0.15) is 12.4 Å². The molecule has 0 amide bonds. The zero-order valence-corrected chi connectivity index (χ0v) is 22.6. The molecule has 1 N–H and O–H groups in total. The van der Waals surface area contributed by atoms with Crippen molar-refractivity contribution in [3.63, 3.8) is 0 Å². The van der Waals surface area contributed by atoms with E-state index in [1.165, 1.54) is 0 Å². The summed E-state index contributed by atoms with van der Waals surface area (Å²) in [5, 5.41) is 4.00. The number of dihydropyridines is 1. The van der Waals surface area contributed by atoms with E-state index >= 15 is 0 Å². The lowest BCUT2D eigenvalue weighted by molar-refractivity contribution is -0.138. The standard InChI is InChI=1S/C29H23ClINO4/c1-3-35-29(34)24-16(2)32-27-20-6-4-5-7-21(20)28(33)26(27)25(24)18-10-13-23(22(31)14-18)36-15-17-8-11-19(30)12-9-17/h4-14,25,32H,3,15H2,1-2H3/t25-/m0/s1. The van der Waals surface area contributed by atoms with Crippen molar-refractivity contribution >= 4 is 51.6 Å². The molecule has 2 aliphatic rings. The Kier molecular flexibility index (Phi) is 6.90. The van der Waals surface area contributed by atoms with Crippen LogP contribution in [0.5, 0.6) is 5.75 Å². The second kappa shape index (κ2) is 10.1. The molecular formula is C29H23ClINO4. The van der Waals surface area contributed by atoms with Gasteiger partial charge in [-0.05, 0) is 71.8 Å². The largest absolute Gasteiger partial charge is 0.488 e. The van der Waals surface area contributed by atoms with Crippen LogP contribution in [0.4, 0.5) is 0 Å². The molecule has 3 aromatic rings. The number of benzene rings is 3. The van der Waals surface area contributed by atoms with Crippen molar-refractivity contribution in [3.05, 3.63) is 114 Å². The molecule has 0 aromatic heterocycles. The number of rotatable bonds is 6. The molecule has 0 fully saturated rings. The molecule has 0 radical (unpaired) electrons. The minimum absolute atomic E-state index is 0.0783. The third-order valence-electron chi connectivity index (χ3n) is 6.34. The zero-order chi connectivity index (χ0) is 25.4. The zero-order valence-electron chi connectivity index (χ0n) is 19.7. The highest BCUT2D eigenvalue weighted by atomic mass is 127. The van der Waals surface area contributed by atoms with E-state index in [2.05, 4.69) is 27.9 Å². The fraction of sp³-hybridized carbons (Fsp3) is 0.172. The number of allylic oxidation sites excluding steroid dienone is 2. The van der Waals surface area contributed by atoms with Gasteiger partial charge in [0.15, 0.2) is 5.78 Å². The Morgan fingerprint density at radius 3 is 2.47 bits per heavy atom. The van der Waals surface area contributed by atoms with E-state index in [1.54, 1.807) is 6.92 Å². The fourth-order valence-electron chi connectivity index (χ4n) is 4.70. The van der Waals surface area contributed by atoms with Gasteiger partial charge in [0, 0.05) is 33.3 Å². The van der Waals surface area contributed by atoms with Crippen molar-refractivity contribution in [1.29, 1.82) is 0 Å². The predicted molar refractivity (Wildman–Crippen MR) is 148 cm³/mol. The molecule has 0 saturated heterocycles. The normalized spacial score (nSPS) is 16.4. The highest BCUT2D eigenvalue weighted by Crippen LogP contribution is 2.47. The maximum atomic E-state index is 13.6. The number of Topliss-reactive ketones (excluding diaryl/α,β-unsaturated/α-hetero) is 1. The molecule has 1 aliphatic carbocycles. The summed E-state index contributed by atoms with van der Waals surface area (Å²) in [5.74, 6) is -0.345. The summed E-state index contributed by atoms with van der Waals surface area (Å²) in [4.78, 5) is 26.7. The quantitative estimate of drug-likeness (QED) is 0.250. The molecule has 7 heteroatoms. The van der Waals surface area contributed by atoms with E-state index in [-0.39, 0.29) is 12.4 Å². The van der Waals surface area contributed by atoms with E-state index in [1.807, 2.05) is 73.7 Å². The van der Waals surface area contributed by atoms with Crippen LogP contribution < -0.4 is 10.1 Å². The SMILES string of the molecule is CCOC(=O)C1=C(C)NC2=C(C(=O)c3ccccc32)[C@H]1c1ccc(OCc2ccc(Cl)cc2)c(I)c1. The van der Waals surface area contributed by atoms with Crippen LogP contribution in [0, 0.1) is 3.57 Å². The van der Waals surface area contributed by atoms with Crippen LogP contribution in [0.1, 0.15) is 46.8 Å². The number of fused-ring (bicyclic) bond motifs is 2. The Morgan fingerprint density at radius 1 is 1.06 bits per heavy atom. The first kappa shape index (κ1) is 24.6. The van der Waals surface area contributed by atoms with Gasteiger partial charge >= 0.3 is 5.97 Å². The van der Waals surface area contributed by atoms with Crippen molar-refractivity contribution < 1.29 is 19.1 Å². The third kappa shape index (κ3) is 4.44. The molecule has 5 rings (SSSR count). The molecule has 36 heavy (non-hydrogen) atoms. The third-order valence-corrected chi connectivity index (χ3v) is 7.44. The second-order valence-corrected chi connectivity index (χ2v) is 10.2. The maximum Gasteiger partial charge on any atom is 0.336 e. The van der Waals surface area contributed by atoms with Crippen LogP contribution in [0.3, 0.4) is 0 Å². The lowest BCUT2D eigenvalue weighted by atomic mass is 9.80. The van der Waals surface area contributed by atoms with Gasteiger partial charge in [0.05, 0.1) is 21.4 Å². The molecule has 0 saturated carbocycles. The number of carbonyl (C=O) groups is 2. The average Bonchev–Trinajstić information content (AvgIpc) is 3.15. The summed E-state index contributed by atoms with van der Waals surface area (Å²) in [6.45, 7) is 4.27. The van der Waals surface area contributed by atoms with Crippen molar-refractivity contribution in [2.24, 2.45) is 0 Å². The highest BCUT2D eigenvalue weighted by molar-refractivity contribution is 14.1. The lowest BCUT2D eigenvalue weighted by Gasteiger charge is -2.29. The van der Waals surface area contributed by atoms with Gasteiger partial charge in [-0.15, -0.1) is 0 Å². The molecular weight excluding hydrogens is 589 g/mol. The van der Waals surface area contributed by atoms with Crippen LogP contribution >= 0.6 is 34.2 Å². The van der Waals surface area contributed by atoms with E-state index in [4.69, 9.17) is 21.1 Å². The number of carbonyl (C=O) groups excluding carboxylic acids is 2. The Morgan fingerprint density at radius 2 is 1.78 bits per heavy atom. The number of halogens is 2. The maximum absolute atomic E-state index is 13.6. The Bertz CT molecular complexity index is 1440. The van der Waals surface area contributed by atoms with Gasteiger partial charge in [0.2, 0.25) is 0 Å². The summed E-state index contributed by atoms with van der Waals surface area (Å²) >= 11 is 8.20. The summed E-state index contributed by atoms with van der Waals surface area (Å²) in [6, 6.07) is 20.8. The monoisotopic (exact) mass is 611 g/mol. The van der Waals surface area contributed by atoms with Gasteiger partial charge in [-0.25, -0.2) is 4.79 Å². The number of hydrogen-bond acceptors (Lipinski definition) is 5. The van der Waals surface area contributed by atoms with Gasteiger partial charge in [-0.2, -0.15) is 0 Å². The molecule has 3 aromatic carbocycles. The lowest BCUT2D eigenvalue weighted by Crippen LogP contribution is -2.29. The Hall–Kier alpha value is -3.10. The number of ether oxygens (including phenoxy) is 2. The highest BCUT2D eigenvalue weighted by Gasteiger charge is 2.43. The molecule has 0 spiro atoms. The van der Waals surface area contributed by atoms with E-state index in [0.717, 1.165) is 31.7 Å². The molecule has 1 aliphatic heterocycles. The molecule has 1 heterocycles. The summed E-state index contributed by atoms with van der Waals surface area (Å²) in [6.07, 6.45) is 0. The van der Waals surface area contributed by atoms with Gasteiger partial charge in [0.25, 0.3) is 0 Å². The van der Waals surface area contributed by atoms with Crippen molar-refractivity contribution in [2.75, 3.05) is 6.61 Å². The smallest absolute Gasteiger partial charge is 0.336 e. The molecule has 5 nitrogen and oxygen atoms in total. The van der Waals surface area contributed by atoms with Crippen LogP contribution in [0.15, 0.2) is 83.6 Å². The topological polar surface area (TPSA) is 64.6 Å². The first-order valence-electron chi connectivity index (χ1n) is 11.6. The summed E-state index contributed by atoms with van der Waals surface area (Å²) in [5.41, 5.74) is 5.76. The van der Waals surface area contributed by atoms with Crippen LogP contribution in [0.25, 0.3) is 5.70 Å². The van der Waals surface area contributed by atoms with Crippen LogP contribution in [0.2, 0.25) is 5.02 Å². The minimum atomic E-state index is -0.556. The van der Waals surface area contributed by atoms with Gasteiger partial charge in [-0.1, -0.05) is 54.1 Å². The second-order valence-electron chi connectivity index (χ2n) is 8.59. The Balaban J connectivity index is 1.53. The van der Waals surface area contributed by atoms with E-state index < -0.39 is 11.9 Å². The molecule has 0 bridgehead atoms. The molecule has 0 unspecified atom stereocenters. The number of hydrogen-bond donors (Lipinski definition) is 1. The first-order chi connectivity index (χ1) is 17.4. The predicted octanol–water partition coefficient (Wildman–Crippen LogP) is 6.66. The molecule has 1 atom stereocenters. The van der Waals surface area contributed by atoms with Gasteiger partial charge < -0.3 is 14.8 Å². The fourth-order valence-corrected chi connectivity index (χ4v) is 5.52. The van der Waals surface area contributed by atoms with Crippen molar-refractivity contribution in [2.45, 2.75) is 26.4 Å². The van der Waals surface area contributed by atoms with Crippen molar-refractivity contribution in [3.8, 4) is 5.75 Å². The Labute approximate surface area is 228 Å². The van der Waals surface area contributed by atoms with Gasteiger partial charge in [-0.3, -0.25) is 4.79 Å². The van der Waals surface area contributed by atoms with E-state index in [9.17, 15) is 9.59 Å². The molecule has 182 valence electrons. The minimum Gasteiger partial charge on any atom is -0.488 e. The summed E-state index contributed by atoms with van der Waals surface area (Å²) in [7, 11) is 0. The van der Waals surface area contributed by atoms with E-state index in [0.29, 0.717) is 34.0 Å².